The molecular formula is C23H40N6O7. The van der Waals surface area contributed by atoms with Gasteiger partial charge in [-0.3, -0.25) is 34.0 Å². The van der Waals surface area contributed by atoms with Gasteiger partial charge in [-0.15, -0.1) is 0 Å². The predicted octanol–water partition coefficient (Wildman–Crippen LogP) is -2.64. The van der Waals surface area contributed by atoms with Crippen LogP contribution < -0.4 is 5.32 Å². The molecule has 13 heteroatoms. The number of nitrogens with one attached hydrogen (secondary N) is 1. The first kappa shape index (κ1) is 29.8. The normalized spacial score (nSPS) is 21.8. The number of rotatable bonds is 10. The zero-order valence-corrected chi connectivity index (χ0v) is 21.1. The summed E-state index contributed by atoms with van der Waals surface area (Å²) in [6.45, 7) is 4.53. The highest BCUT2D eigenvalue weighted by Gasteiger charge is 2.34. The van der Waals surface area contributed by atoms with Gasteiger partial charge in [-0.1, -0.05) is 0 Å². The molecule has 0 aliphatic carbocycles. The van der Waals surface area contributed by atoms with Gasteiger partial charge >= 0.3 is 11.9 Å². The van der Waals surface area contributed by atoms with Crippen LogP contribution in [0.15, 0.2) is 0 Å². The second-order valence-corrected chi connectivity index (χ2v) is 9.49. The van der Waals surface area contributed by atoms with Crippen LogP contribution in [0.2, 0.25) is 0 Å². The van der Waals surface area contributed by atoms with E-state index in [0.29, 0.717) is 78.3 Å². The van der Waals surface area contributed by atoms with Crippen LogP contribution in [0.25, 0.3) is 0 Å². The molecule has 2 aliphatic rings. The van der Waals surface area contributed by atoms with Crippen LogP contribution in [0.4, 0.5) is 0 Å². The van der Waals surface area contributed by atoms with E-state index in [4.69, 9.17) is 0 Å². The van der Waals surface area contributed by atoms with E-state index in [1.54, 1.807) is 21.7 Å². The van der Waals surface area contributed by atoms with Gasteiger partial charge in [0.05, 0.1) is 31.7 Å². The van der Waals surface area contributed by atoms with E-state index < -0.39 is 17.5 Å². The molecule has 0 radical (unpaired) electrons. The summed E-state index contributed by atoms with van der Waals surface area (Å²) in [6, 6.07) is 0. The zero-order chi connectivity index (χ0) is 26.6. The first-order valence-electron chi connectivity index (χ1n) is 12.4. The summed E-state index contributed by atoms with van der Waals surface area (Å²) in [5.74, 6) is -1.98. The average molecular weight is 513 g/mol. The van der Waals surface area contributed by atoms with E-state index in [1.807, 2.05) is 9.80 Å². The third kappa shape index (κ3) is 9.90. The van der Waals surface area contributed by atoms with Crippen molar-refractivity contribution in [3.8, 4) is 0 Å². The van der Waals surface area contributed by atoms with Gasteiger partial charge in [-0.25, -0.2) is 0 Å². The lowest BCUT2D eigenvalue weighted by atomic mass is 9.89. The van der Waals surface area contributed by atoms with Crippen molar-refractivity contribution in [2.45, 2.75) is 18.4 Å². The summed E-state index contributed by atoms with van der Waals surface area (Å²) >= 11 is 0. The minimum Gasteiger partial charge on any atom is -0.480 e. The quantitative estimate of drug-likeness (QED) is 0.262. The van der Waals surface area contributed by atoms with E-state index in [1.165, 1.54) is 0 Å². The second kappa shape index (κ2) is 15.0. The summed E-state index contributed by atoms with van der Waals surface area (Å²) in [6.07, 6.45) is 2.82. The Hall–Kier alpha value is -2.45. The Morgan fingerprint density at radius 3 is 1.50 bits per heavy atom. The molecule has 0 saturated carbocycles. The van der Waals surface area contributed by atoms with E-state index in [2.05, 4.69) is 5.32 Å². The van der Waals surface area contributed by atoms with Gasteiger partial charge in [0, 0.05) is 65.4 Å². The Morgan fingerprint density at radius 1 is 0.722 bits per heavy atom. The summed E-state index contributed by atoms with van der Waals surface area (Å²) in [5.41, 5.74) is -0.592. The van der Waals surface area contributed by atoms with E-state index in [0.717, 1.165) is 12.6 Å². The Labute approximate surface area is 212 Å². The van der Waals surface area contributed by atoms with Crippen LogP contribution in [-0.2, 0) is 24.0 Å². The van der Waals surface area contributed by atoms with Crippen molar-refractivity contribution in [1.82, 2.24) is 29.8 Å². The third-order valence-electron chi connectivity index (χ3n) is 7.07. The fourth-order valence-electron chi connectivity index (χ4n) is 4.60. The molecule has 2 rings (SSSR count). The standard InChI is InChI=1S/C23H40N6O7/c1-24-23(19-31)2-4-29(5-3-23)20(32)16-26-8-6-25(14-15-30)7-9-27(17-21(33)34)12-13-28(11-10-26)18-22(35)36/h15,19,24H,2-14,16-18H2,1H3,(H,33,34)(H,35,36). The topological polar surface area (TPSA) is 154 Å². The average Bonchev–Trinajstić information content (AvgIpc) is 2.85. The van der Waals surface area contributed by atoms with Crippen LogP contribution in [0.5, 0.6) is 0 Å². The molecule has 0 bridgehead atoms. The van der Waals surface area contributed by atoms with Gasteiger partial charge in [0.15, 0.2) is 0 Å². The molecule has 0 aromatic carbocycles. The van der Waals surface area contributed by atoms with Gasteiger partial charge < -0.3 is 30.0 Å². The molecule has 204 valence electrons. The SMILES string of the molecule is CNC1(C=O)CCN(C(=O)CN2CCN(CC=O)CCN(CC(=O)O)CCN(CC(=O)O)CC2)CC1. The number of carbonyl (C=O) groups is 5. The van der Waals surface area contributed by atoms with Crippen molar-refractivity contribution in [1.29, 1.82) is 0 Å². The maximum absolute atomic E-state index is 13.1. The van der Waals surface area contributed by atoms with Gasteiger partial charge in [-0.2, -0.15) is 0 Å². The minimum atomic E-state index is -0.969. The number of likely N-dealkylation sites (tertiary alicyclic amines) is 1. The van der Waals surface area contributed by atoms with Crippen LogP contribution in [0, 0.1) is 0 Å². The molecule has 1 amide bonds. The van der Waals surface area contributed by atoms with Crippen molar-refractivity contribution in [2.75, 3.05) is 98.7 Å². The number of aldehydes is 2. The summed E-state index contributed by atoms with van der Waals surface area (Å²) in [5, 5.41) is 21.6. The second-order valence-electron chi connectivity index (χ2n) is 9.49. The molecule has 2 fully saturated rings. The van der Waals surface area contributed by atoms with Crippen LogP contribution >= 0.6 is 0 Å². The Morgan fingerprint density at radius 2 is 1.14 bits per heavy atom. The highest BCUT2D eigenvalue weighted by Crippen LogP contribution is 2.20. The van der Waals surface area contributed by atoms with Crippen molar-refractivity contribution in [3.05, 3.63) is 0 Å². The molecule has 36 heavy (non-hydrogen) atoms. The lowest BCUT2D eigenvalue weighted by Gasteiger charge is -2.39. The highest BCUT2D eigenvalue weighted by atomic mass is 16.4. The molecule has 2 aliphatic heterocycles. The Balaban J connectivity index is 2.07. The largest absolute Gasteiger partial charge is 0.480 e. The zero-order valence-electron chi connectivity index (χ0n) is 21.1. The molecule has 13 nitrogen and oxygen atoms in total. The van der Waals surface area contributed by atoms with E-state index in [-0.39, 0.29) is 32.1 Å². The molecule has 3 N–H and O–H groups in total. The number of likely N-dealkylation sites (N-methyl/N-ethyl adjacent to an activating group) is 1. The number of hydrogen-bond acceptors (Lipinski definition) is 10. The molecule has 0 unspecified atom stereocenters. The summed E-state index contributed by atoms with van der Waals surface area (Å²) in [7, 11) is 1.75. The number of amides is 1. The van der Waals surface area contributed by atoms with Crippen molar-refractivity contribution in [2.24, 2.45) is 0 Å². The molecule has 0 aromatic rings. The number of nitrogens with zero attached hydrogens (tertiary/aromatic N) is 5. The fraction of sp³-hybridized carbons (Fsp3) is 0.783. The molecule has 0 spiro atoms. The summed E-state index contributed by atoms with van der Waals surface area (Å²) < 4.78 is 0. The molecule has 2 heterocycles. The number of hydrogen-bond donors (Lipinski definition) is 3. The minimum absolute atomic E-state index is 0.0444. The third-order valence-corrected chi connectivity index (χ3v) is 7.07. The van der Waals surface area contributed by atoms with Crippen molar-refractivity contribution < 1.29 is 34.2 Å². The van der Waals surface area contributed by atoms with Gasteiger partial charge in [-0.05, 0) is 19.9 Å². The molecule has 0 aromatic heterocycles. The number of carboxylic acids is 2. The lowest BCUT2D eigenvalue weighted by molar-refractivity contribution is -0.140. The summed E-state index contributed by atoms with van der Waals surface area (Å²) in [4.78, 5) is 67.6. The molecular weight excluding hydrogens is 472 g/mol. The van der Waals surface area contributed by atoms with Crippen LogP contribution in [0.3, 0.4) is 0 Å². The van der Waals surface area contributed by atoms with E-state index in [9.17, 15) is 34.2 Å². The Kier molecular flexibility index (Phi) is 12.4. The number of aliphatic carboxylic acids is 2. The maximum atomic E-state index is 13.1. The van der Waals surface area contributed by atoms with Gasteiger partial charge in [0.25, 0.3) is 0 Å². The highest BCUT2D eigenvalue weighted by molar-refractivity contribution is 5.79. The van der Waals surface area contributed by atoms with Gasteiger partial charge in [0.2, 0.25) is 5.91 Å². The van der Waals surface area contributed by atoms with Crippen LogP contribution in [0.1, 0.15) is 12.8 Å². The maximum Gasteiger partial charge on any atom is 0.317 e. The molecule has 0 atom stereocenters. The number of carboxylic acid groups (broad SMARTS) is 2. The molecule has 2 saturated heterocycles. The van der Waals surface area contributed by atoms with Crippen molar-refractivity contribution in [3.63, 3.8) is 0 Å². The fourth-order valence-corrected chi connectivity index (χ4v) is 4.60. The monoisotopic (exact) mass is 512 g/mol. The van der Waals surface area contributed by atoms with Gasteiger partial charge in [0.1, 0.15) is 12.6 Å². The van der Waals surface area contributed by atoms with E-state index >= 15 is 0 Å². The van der Waals surface area contributed by atoms with Crippen molar-refractivity contribution >= 4 is 30.4 Å². The first-order valence-corrected chi connectivity index (χ1v) is 12.4. The number of carbonyl (C=O) groups excluding carboxylic acids is 3. The Bertz CT molecular complexity index is 759. The van der Waals surface area contributed by atoms with Crippen LogP contribution in [-0.4, -0.2) is 169 Å². The smallest absolute Gasteiger partial charge is 0.317 e. The first-order chi connectivity index (χ1) is 17.2. The number of piperidine rings is 1. The lowest BCUT2D eigenvalue weighted by Crippen LogP contribution is -2.56. The predicted molar refractivity (Wildman–Crippen MR) is 131 cm³/mol.